The molecule has 49 heavy (non-hydrogen) atoms. The fourth-order valence-electron chi connectivity index (χ4n) is 6.30. The fraction of sp³-hybridized carbons (Fsp3) is 0.659. The summed E-state index contributed by atoms with van der Waals surface area (Å²) in [4.78, 5) is 35.8. The van der Waals surface area contributed by atoms with Gasteiger partial charge in [0.15, 0.2) is 6.23 Å². The molecule has 1 atom stereocenters. The number of carbonyl (C=O) groups excluding carboxylic acids is 2. The van der Waals surface area contributed by atoms with Gasteiger partial charge in [0.05, 0.1) is 12.3 Å². The quantitative estimate of drug-likeness (QED) is 0.147. The summed E-state index contributed by atoms with van der Waals surface area (Å²) in [5, 5.41) is 0. The fourth-order valence-corrected chi connectivity index (χ4v) is 6.30. The van der Waals surface area contributed by atoms with Crippen molar-refractivity contribution < 1.29 is 19.1 Å². The summed E-state index contributed by atoms with van der Waals surface area (Å²) in [6.07, 6.45) is 0.818. The zero-order valence-electron chi connectivity index (χ0n) is 33.0. The Morgan fingerprint density at radius 1 is 0.878 bits per heavy atom. The molecule has 0 aromatic heterocycles. The molecule has 2 aromatic carbocycles. The SMILES string of the molecule is CC(=O)N(c1cc(OCCCCN2CCN(c3cccc(C)c3C)CC2)ccc1C)C(OC(=O)N(CC(C)C)C(C)(C)C(C)(C)C)C(C)C. The molecule has 8 heteroatoms. The van der Waals surface area contributed by atoms with Crippen LogP contribution in [0.5, 0.6) is 5.75 Å². The molecule has 274 valence electrons. The number of benzene rings is 2. The summed E-state index contributed by atoms with van der Waals surface area (Å²) in [5.41, 5.74) is 5.04. The third-order valence-corrected chi connectivity index (χ3v) is 10.5. The zero-order valence-corrected chi connectivity index (χ0v) is 33.0. The van der Waals surface area contributed by atoms with E-state index in [1.165, 1.54) is 23.7 Å². The highest BCUT2D eigenvalue weighted by Gasteiger charge is 2.43. The van der Waals surface area contributed by atoms with E-state index in [9.17, 15) is 9.59 Å². The van der Waals surface area contributed by atoms with Crippen molar-refractivity contribution >= 4 is 23.4 Å². The second kappa shape index (κ2) is 17.1. The van der Waals surface area contributed by atoms with Gasteiger partial charge in [0, 0.05) is 62.9 Å². The van der Waals surface area contributed by atoms with Crippen molar-refractivity contribution in [3.8, 4) is 5.75 Å². The van der Waals surface area contributed by atoms with Crippen LogP contribution in [0, 0.1) is 38.0 Å². The maximum absolute atomic E-state index is 14.0. The van der Waals surface area contributed by atoms with E-state index in [1.54, 1.807) is 4.90 Å². The highest BCUT2D eigenvalue weighted by Crippen LogP contribution is 2.37. The van der Waals surface area contributed by atoms with Crippen molar-refractivity contribution in [1.82, 2.24) is 9.80 Å². The number of carbonyl (C=O) groups is 2. The van der Waals surface area contributed by atoms with Crippen molar-refractivity contribution in [2.24, 2.45) is 17.3 Å². The van der Waals surface area contributed by atoms with Crippen LogP contribution in [0.3, 0.4) is 0 Å². The molecule has 0 aliphatic carbocycles. The van der Waals surface area contributed by atoms with Crippen molar-refractivity contribution in [1.29, 1.82) is 0 Å². The van der Waals surface area contributed by atoms with E-state index in [1.807, 2.05) is 43.9 Å². The molecule has 8 nitrogen and oxygen atoms in total. The minimum Gasteiger partial charge on any atom is -0.494 e. The molecule has 1 aliphatic heterocycles. The summed E-state index contributed by atoms with van der Waals surface area (Å²) < 4.78 is 12.5. The lowest BCUT2D eigenvalue weighted by molar-refractivity contribution is -0.119. The van der Waals surface area contributed by atoms with Gasteiger partial charge in [-0.1, -0.05) is 66.7 Å². The molecule has 2 aromatic rings. The van der Waals surface area contributed by atoms with E-state index in [-0.39, 0.29) is 23.2 Å². The van der Waals surface area contributed by atoms with E-state index in [4.69, 9.17) is 9.47 Å². The molecule has 0 radical (unpaired) electrons. The Kier molecular flexibility index (Phi) is 14.0. The summed E-state index contributed by atoms with van der Waals surface area (Å²) in [5.74, 6) is 0.636. The van der Waals surface area contributed by atoms with E-state index < -0.39 is 17.9 Å². The molecule has 0 N–H and O–H groups in total. The van der Waals surface area contributed by atoms with E-state index in [0.29, 0.717) is 24.6 Å². The highest BCUT2D eigenvalue weighted by atomic mass is 16.6. The summed E-state index contributed by atoms with van der Waals surface area (Å²) in [6.45, 7) is 33.1. The monoisotopic (exact) mass is 679 g/mol. The Bertz CT molecular complexity index is 1390. The number of nitrogens with zero attached hydrogens (tertiary/aromatic N) is 4. The molecule has 0 spiro atoms. The van der Waals surface area contributed by atoms with Gasteiger partial charge in [-0.25, -0.2) is 4.79 Å². The highest BCUT2D eigenvalue weighted by molar-refractivity contribution is 5.93. The first-order chi connectivity index (χ1) is 22.8. The maximum atomic E-state index is 14.0. The number of piperazine rings is 1. The number of rotatable bonds is 14. The van der Waals surface area contributed by atoms with Gasteiger partial charge in [0.25, 0.3) is 0 Å². The van der Waals surface area contributed by atoms with Crippen molar-refractivity contribution in [2.75, 3.05) is 55.7 Å². The normalized spacial score (nSPS) is 15.0. The van der Waals surface area contributed by atoms with Crippen molar-refractivity contribution in [2.45, 2.75) is 115 Å². The van der Waals surface area contributed by atoms with Gasteiger partial charge in [-0.05, 0) is 94.2 Å². The minimum absolute atomic E-state index is 0.141. The Morgan fingerprint density at radius 3 is 2.10 bits per heavy atom. The first kappa shape index (κ1) is 40.2. The van der Waals surface area contributed by atoms with E-state index in [2.05, 4.69) is 90.3 Å². The van der Waals surface area contributed by atoms with Gasteiger partial charge in [0.2, 0.25) is 5.91 Å². The summed E-state index contributed by atoms with van der Waals surface area (Å²) in [6, 6.07) is 12.4. The molecular formula is C41H66N4O4. The zero-order chi connectivity index (χ0) is 36.7. The molecule has 3 rings (SSSR count). The molecule has 1 saturated heterocycles. The molecule has 1 heterocycles. The van der Waals surface area contributed by atoms with Crippen LogP contribution in [0.4, 0.5) is 16.2 Å². The van der Waals surface area contributed by atoms with Crippen LogP contribution in [-0.4, -0.2) is 79.4 Å². The van der Waals surface area contributed by atoms with Crippen molar-refractivity contribution in [3.05, 3.63) is 53.1 Å². The third kappa shape index (κ3) is 10.4. The average molecular weight is 679 g/mol. The van der Waals surface area contributed by atoms with Crippen molar-refractivity contribution in [3.63, 3.8) is 0 Å². The lowest BCUT2D eigenvalue weighted by atomic mass is 9.75. The second-order valence-corrected chi connectivity index (χ2v) is 16.3. The second-order valence-electron chi connectivity index (χ2n) is 16.3. The molecule has 1 fully saturated rings. The van der Waals surface area contributed by atoms with Crippen LogP contribution in [0.1, 0.15) is 98.8 Å². The predicted molar refractivity (Wildman–Crippen MR) is 204 cm³/mol. The van der Waals surface area contributed by atoms with Crippen LogP contribution in [0.25, 0.3) is 0 Å². The molecule has 1 unspecified atom stereocenters. The Morgan fingerprint density at radius 2 is 1.53 bits per heavy atom. The van der Waals surface area contributed by atoms with Crippen LogP contribution in [0.2, 0.25) is 0 Å². The smallest absolute Gasteiger partial charge is 0.412 e. The Balaban J connectivity index is 1.63. The molecule has 0 saturated carbocycles. The predicted octanol–water partition coefficient (Wildman–Crippen LogP) is 8.85. The summed E-state index contributed by atoms with van der Waals surface area (Å²) in [7, 11) is 0. The number of hydrogen-bond donors (Lipinski definition) is 0. The number of anilines is 2. The minimum atomic E-state index is -0.778. The molecular weight excluding hydrogens is 612 g/mol. The molecule has 2 amide bonds. The standard InChI is InChI=1S/C41H66N4O4/c1-29(2)28-44(41(12,13)40(9,10)11)39(47)49-38(30(3)4)45(34(8)46)37-27-35(20-19-32(37)6)48-26-15-14-21-42-22-24-43(25-23-42)36-18-16-17-31(5)33(36)7/h16-20,27,29-30,38H,14-15,21-26,28H2,1-13H3. The topological polar surface area (TPSA) is 65.6 Å². The average Bonchev–Trinajstić information content (AvgIpc) is 3.01. The first-order valence-corrected chi connectivity index (χ1v) is 18.4. The lowest BCUT2D eigenvalue weighted by Gasteiger charge is -2.48. The Labute approximate surface area is 298 Å². The maximum Gasteiger partial charge on any atom is 0.412 e. The van der Waals surface area contributed by atoms with Gasteiger partial charge in [0.1, 0.15) is 5.75 Å². The molecule has 1 aliphatic rings. The van der Waals surface area contributed by atoms with Gasteiger partial charge in [-0.2, -0.15) is 0 Å². The number of unbranched alkanes of at least 4 members (excludes halogenated alkanes) is 1. The van der Waals surface area contributed by atoms with Crippen LogP contribution >= 0.6 is 0 Å². The van der Waals surface area contributed by atoms with E-state index in [0.717, 1.165) is 51.1 Å². The van der Waals surface area contributed by atoms with Crippen LogP contribution in [-0.2, 0) is 9.53 Å². The molecule has 0 bridgehead atoms. The van der Waals surface area contributed by atoms with E-state index >= 15 is 0 Å². The number of hydrogen-bond acceptors (Lipinski definition) is 6. The van der Waals surface area contributed by atoms with Crippen LogP contribution < -0.4 is 14.5 Å². The van der Waals surface area contributed by atoms with Gasteiger partial charge >= 0.3 is 6.09 Å². The summed E-state index contributed by atoms with van der Waals surface area (Å²) >= 11 is 0. The number of ether oxygens (including phenoxy) is 2. The third-order valence-electron chi connectivity index (χ3n) is 10.5. The van der Waals surface area contributed by atoms with Crippen LogP contribution in [0.15, 0.2) is 36.4 Å². The van der Waals surface area contributed by atoms with Gasteiger partial charge in [-0.15, -0.1) is 0 Å². The largest absolute Gasteiger partial charge is 0.494 e. The first-order valence-electron chi connectivity index (χ1n) is 18.4. The van der Waals surface area contributed by atoms with Gasteiger partial charge < -0.3 is 19.3 Å². The number of aryl methyl sites for hydroxylation is 2. The Hall–Kier alpha value is -3.26. The number of amides is 2. The van der Waals surface area contributed by atoms with Gasteiger partial charge in [-0.3, -0.25) is 14.6 Å². The lowest BCUT2D eigenvalue weighted by Crippen LogP contribution is -2.58.